The maximum Gasteiger partial charge on any atom is 0.330 e. The van der Waals surface area contributed by atoms with Gasteiger partial charge < -0.3 is 5.73 Å². The van der Waals surface area contributed by atoms with Crippen molar-refractivity contribution in [1.82, 2.24) is 19.3 Å². The van der Waals surface area contributed by atoms with Gasteiger partial charge in [-0.05, 0) is 17.2 Å². The number of carbonyl (C=O) groups is 1. The average molecular weight is 457 g/mol. The van der Waals surface area contributed by atoms with E-state index in [2.05, 4.69) is 10.1 Å². The number of aryl methyl sites for hydroxylation is 1. The van der Waals surface area contributed by atoms with E-state index >= 15 is 0 Å². The molecule has 2 heterocycles. The van der Waals surface area contributed by atoms with E-state index in [-0.39, 0.29) is 24.6 Å². The Balaban J connectivity index is 1.77. The maximum absolute atomic E-state index is 13.3. The van der Waals surface area contributed by atoms with Crippen LogP contribution in [0.25, 0.3) is 6.08 Å². The lowest BCUT2D eigenvalue weighted by Gasteiger charge is -2.23. The van der Waals surface area contributed by atoms with Crippen molar-refractivity contribution in [2.24, 2.45) is 7.05 Å². The first kappa shape index (κ1) is 22.5. The Morgan fingerprint density at radius 3 is 2.32 bits per heavy atom. The minimum Gasteiger partial charge on any atom is -0.383 e. The second kappa shape index (κ2) is 9.86. The molecule has 2 aromatic carbocycles. The van der Waals surface area contributed by atoms with Crippen LogP contribution in [0.5, 0.6) is 0 Å². The third-order valence-electron chi connectivity index (χ3n) is 5.26. The van der Waals surface area contributed by atoms with Gasteiger partial charge in [-0.2, -0.15) is 5.10 Å². The van der Waals surface area contributed by atoms with E-state index in [0.29, 0.717) is 0 Å². The maximum atomic E-state index is 13.3. The number of benzene rings is 2. The molecule has 0 saturated heterocycles. The molecule has 4 aromatic rings. The van der Waals surface area contributed by atoms with Gasteiger partial charge in [-0.25, -0.2) is 4.79 Å². The molecule has 0 unspecified atom stereocenters. The van der Waals surface area contributed by atoms with Crippen LogP contribution < -0.4 is 21.9 Å². The zero-order chi connectivity index (χ0) is 24.1. The van der Waals surface area contributed by atoms with Gasteiger partial charge in [0, 0.05) is 24.9 Å². The molecule has 1 amide bonds. The van der Waals surface area contributed by atoms with Crippen molar-refractivity contribution in [3.63, 3.8) is 0 Å². The van der Waals surface area contributed by atoms with Crippen LogP contribution in [-0.4, -0.2) is 25.2 Å². The molecular weight excluding hydrogens is 432 g/mol. The molecule has 34 heavy (non-hydrogen) atoms. The second-order valence-electron chi connectivity index (χ2n) is 7.76. The van der Waals surface area contributed by atoms with Gasteiger partial charge in [0.15, 0.2) is 5.69 Å². The summed E-state index contributed by atoms with van der Waals surface area (Å²) in [5, 5.41) is 4.08. The van der Waals surface area contributed by atoms with Gasteiger partial charge in [0.2, 0.25) is 0 Å². The van der Waals surface area contributed by atoms with Crippen LogP contribution in [0.15, 0.2) is 88.7 Å². The summed E-state index contributed by atoms with van der Waals surface area (Å²) in [6.07, 6.45) is 6.34. The van der Waals surface area contributed by atoms with Crippen molar-refractivity contribution >= 4 is 23.5 Å². The number of nitrogens with one attached hydrogen (secondary N) is 1. The Labute approximate surface area is 195 Å². The molecule has 2 aromatic heterocycles. The van der Waals surface area contributed by atoms with Crippen molar-refractivity contribution in [3.8, 4) is 0 Å². The predicted octanol–water partition coefficient (Wildman–Crippen LogP) is 2.15. The number of nitrogens with zero attached hydrogens (tertiary/aromatic N) is 4. The first-order valence-electron chi connectivity index (χ1n) is 10.6. The number of carbonyl (C=O) groups excluding carboxylic acids is 1. The van der Waals surface area contributed by atoms with Crippen LogP contribution in [0, 0.1) is 0 Å². The van der Waals surface area contributed by atoms with Crippen LogP contribution in [0.1, 0.15) is 16.7 Å². The summed E-state index contributed by atoms with van der Waals surface area (Å²) in [6.45, 7) is 0.238. The summed E-state index contributed by atoms with van der Waals surface area (Å²) < 4.78 is 2.87. The number of hydrogen-bond acceptors (Lipinski definition) is 5. The summed E-state index contributed by atoms with van der Waals surface area (Å²) in [5.74, 6) is -0.550. The monoisotopic (exact) mass is 456 g/mol. The normalized spacial score (nSPS) is 11.1. The predicted molar refractivity (Wildman–Crippen MR) is 131 cm³/mol. The van der Waals surface area contributed by atoms with Crippen LogP contribution in [-0.2, 0) is 24.9 Å². The van der Waals surface area contributed by atoms with Crippen LogP contribution in [0.4, 0.5) is 11.5 Å². The number of amides is 1. The fraction of sp³-hybridized carbons (Fsp3) is 0.120. The number of H-pyrrole nitrogens is 1. The molecule has 0 aliphatic carbocycles. The summed E-state index contributed by atoms with van der Waals surface area (Å²) in [6, 6.07) is 18.5. The fourth-order valence-electron chi connectivity index (χ4n) is 3.58. The Morgan fingerprint density at radius 2 is 1.71 bits per heavy atom. The number of aromatic nitrogens is 4. The molecule has 0 fully saturated rings. The van der Waals surface area contributed by atoms with Gasteiger partial charge in [-0.15, -0.1) is 0 Å². The van der Waals surface area contributed by atoms with Gasteiger partial charge in [0.25, 0.3) is 11.5 Å². The number of nitrogens with two attached hydrogens (primary N) is 1. The molecular formula is C25H24N6O3. The molecule has 3 N–H and O–H groups in total. The minimum absolute atomic E-state index is 0.0831. The third kappa shape index (κ3) is 5.04. The molecule has 9 heteroatoms. The molecule has 0 saturated carbocycles. The highest BCUT2D eigenvalue weighted by molar-refractivity contribution is 6.05. The average Bonchev–Trinajstić information content (AvgIpc) is 3.26. The molecule has 0 aliphatic rings. The van der Waals surface area contributed by atoms with E-state index in [4.69, 9.17) is 5.73 Å². The van der Waals surface area contributed by atoms with Gasteiger partial charge in [-0.1, -0.05) is 60.7 Å². The van der Waals surface area contributed by atoms with E-state index in [9.17, 15) is 14.4 Å². The zero-order valence-electron chi connectivity index (χ0n) is 18.6. The van der Waals surface area contributed by atoms with E-state index in [1.165, 1.54) is 15.5 Å². The highest BCUT2D eigenvalue weighted by atomic mass is 16.2. The van der Waals surface area contributed by atoms with Crippen LogP contribution in [0.3, 0.4) is 0 Å². The Morgan fingerprint density at radius 1 is 1.06 bits per heavy atom. The van der Waals surface area contributed by atoms with Gasteiger partial charge >= 0.3 is 5.69 Å². The topological polar surface area (TPSA) is 119 Å². The summed E-state index contributed by atoms with van der Waals surface area (Å²) in [4.78, 5) is 42.4. The molecule has 9 nitrogen and oxygen atoms in total. The Bertz CT molecular complexity index is 1440. The molecule has 0 spiro atoms. The lowest BCUT2D eigenvalue weighted by molar-refractivity contribution is -0.114. The minimum atomic E-state index is -0.731. The molecule has 0 aliphatic heterocycles. The molecule has 0 atom stereocenters. The number of hydrogen-bond donors (Lipinski definition) is 2. The number of rotatable bonds is 7. The van der Waals surface area contributed by atoms with Crippen molar-refractivity contribution in [2.45, 2.75) is 13.1 Å². The first-order chi connectivity index (χ1) is 16.4. The van der Waals surface area contributed by atoms with Gasteiger partial charge in [-0.3, -0.25) is 28.7 Å². The van der Waals surface area contributed by atoms with E-state index < -0.39 is 17.2 Å². The number of aromatic amines is 1. The summed E-state index contributed by atoms with van der Waals surface area (Å²) in [7, 11) is 1.77. The van der Waals surface area contributed by atoms with E-state index in [0.717, 1.165) is 16.7 Å². The lowest BCUT2D eigenvalue weighted by atomic mass is 10.2. The van der Waals surface area contributed by atoms with Crippen molar-refractivity contribution in [1.29, 1.82) is 0 Å². The lowest BCUT2D eigenvalue weighted by Crippen LogP contribution is -2.40. The number of nitrogen functional groups attached to an aromatic ring is 1. The van der Waals surface area contributed by atoms with Crippen LogP contribution in [0.2, 0.25) is 0 Å². The molecule has 4 rings (SSSR count). The van der Waals surface area contributed by atoms with Crippen molar-refractivity contribution < 1.29 is 4.79 Å². The van der Waals surface area contributed by atoms with Gasteiger partial charge in [0.05, 0.1) is 19.3 Å². The SMILES string of the molecule is Cn1cc(/C=C/C(=O)N(Cc2ccccc2)c2c(N)n(Cc3ccccc3)c(=O)[nH]c2=O)cn1. The standard InChI is InChI=1S/C25H24N6O3/c1-29-15-20(14-27-29)12-13-21(32)30(16-18-8-4-2-5-9-18)22-23(26)31(25(34)28-24(22)33)17-19-10-6-3-7-11-19/h2-15H,16-17,26H2,1H3,(H,28,33,34)/b13-12+. The molecule has 0 bridgehead atoms. The van der Waals surface area contributed by atoms with E-state index in [1.54, 1.807) is 30.2 Å². The van der Waals surface area contributed by atoms with Crippen LogP contribution >= 0.6 is 0 Å². The Hall–Kier alpha value is -4.66. The summed E-state index contributed by atoms with van der Waals surface area (Å²) >= 11 is 0. The van der Waals surface area contributed by atoms with E-state index in [1.807, 2.05) is 60.7 Å². The quantitative estimate of drug-likeness (QED) is 0.413. The van der Waals surface area contributed by atoms with Gasteiger partial charge in [0.1, 0.15) is 5.82 Å². The first-order valence-corrected chi connectivity index (χ1v) is 10.6. The van der Waals surface area contributed by atoms with Crippen molar-refractivity contribution in [3.05, 3.63) is 117 Å². The highest BCUT2D eigenvalue weighted by Gasteiger charge is 2.23. The molecule has 172 valence electrons. The third-order valence-corrected chi connectivity index (χ3v) is 5.26. The Kier molecular flexibility index (Phi) is 6.54. The fourth-order valence-corrected chi connectivity index (χ4v) is 3.58. The van der Waals surface area contributed by atoms with Crippen molar-refractivity contribution in [2.75, 3.05) is 10.6 Å². The molecule has 0 radical (unpaired) electrons. The second-order valence-corrected chi connectivity index (χ2v) is 7.76. The highest BCUT2D eigenvalue weighted by Crippen LogP contribution is 2.21. The smallest absolute Gasteiger partial charge is 0.330 e. The largest absolute Gasteiger partial charge is 0.383 e. The zero-order valence-corrected chi connectivity index (χ0v) is 18.6. The number of anilines is 2. The summed E-state index contributed by atoms with van der Waals surface area (Å²) in [5.41, 5.74) is 7.24.